The Kier molecular flexibility index (Phi) is 8.37. The first-order chi connectivity index (χ1) is 14.0. The number of phosphoric acid groups is 1. The minimum absolute atomic E-state index is 0.0200. The molecule has 0 unspecified atom stereocenters. The van der Waals surface area contributed by atoms with Crippen molar-refractivity contribution >= 4 is 31.2 Å². The molecule has 0 spiro atoms. The molecule has 0 radical (unpaired) electrons. The predicted octanol–water partition coefficient (Wildman–Crippen LogP) is 3.65. The summed E-state index contributed by atoms with van der Waals surface area (Å²) >= 11 is 5.90. The fourth-order valence-corrected chi connectivity index (χ4v) is 3.51. The van der Waals surface area contributed by atoms with Gasteiger partial charge in [-0.05, 0) is 49.7 Å². The summed E-state index contributed by atoms with van der Waals surface area (Å²) in [5.74, 6) is -0.196. The molecule has 2 aromatic carbocycles. The second-order valence-electron chi connectivity index (χ2n) is 6.97. The Morgan fingerprint density at radius 1 is 1.27 bits per heavy atom. The van der Waals surface area contributed by atoms with Gasteiger partial charge in [0.25, 0.3) is 0 Å². The molecule has 2 aromatic rings. The van der Waals surface area contributed by atoms with Crippen molar-refractivity contribution < 1.29 is 33.5 Å². The summed E-state index contributed by atoms with van der Waals surface area (Å²) in [6.07, 6.45) is -0.0135. The lowest BCUT2D eigenvalue weighted by atomic mass is 10.0. The number of anilines is 1. The van der Waals surface area contributed by atoms with Gasteiger partial charge >= 0.3 is 13.9 Å². The van der Waals surface area contributed by atoms with Gasteiger partial charge in [0.15, 0.2) is 0 Å². The smallest absolute Gasteiger partial charge is 0.465 e. The van der Waals surface area contributed by atoms with Crippen molar-refractivity contribution in [3.8, 4) is 11.1 Å². The molecule has 0 saturated carbocycles. The topological polar surface area (TPSA) is 122 Å². The van der Waals surface area contributed by atoms with Crippen LogP contribution in [0, 0.1) is 11.7 Å². The van der Waals surface area contributed by atoms with Crippen LogP contribution >= 0.6 is 19.4 Å². The Hall–Kier alpha value is -2.00. The molecule has 11 heteroatoms. The lowest BCUT2D eigenvalue weighted by Gasteiger charge is -2.25. The summed E-state index contributed by atoms with van der Waals surface area (Å²) in [4.78, 5) is 37.1. The zero-order chi connectivity index (χ0) is 22.5. The molecule has 8 nitrogen and oxygen atoms in total. The van der Waals surface area contributed by atoms with E-state index in [2.05, 4.69) is 4.90 Å². The number of carboxylic acid groups (broad SMARTS) is 1. The highest BCUT2D eigenvalue weighted by Crippen LogP contribution is 2.34. The van der Waals surface area contributed by atoms with Crippen molar-refractivity contribution in [2.75, 3.05) is 31.6 Å². The average Bonchev–Trinajstić information content (AvgIpc) is 3.05. The van der Waals surface area contributed by atoms with Gasteiger partial charge in [-0.1, -0.05) is 35.9 Å². The van der Waals surface area contributed by atoms with Crippen LogP contribution in [0.4, 0.5) is 14.9 Å². The van der Waals surface area contributed by atoms with Gasteiger partial charge in [0.1, 0.15) is 5.82 Å². The maximum Gasteiger partial charge on any atom is 0.466 e. The fourth-order valence-electron chi connectivity index (χ4n) is 3.33. The Balaban J connectivity index is 0.000000575. The second kappa shape index (κ2) is 10.3. The van der Waals surface area contributed by atoms with Gasteiger partial charge in [-0.3, -0.25) is 4.90 Å². The first kappa shape index (κ1) is 24.3. The Morgan fingerprint density at radius 2 is 1.90 bits per heavy atom. The van der Waals surface area contributed by atoms with Crippen LogP contribution in [0.5, 0.6) is 0 Å². The van der Waals surface area contributed by atoms with Crippen LogP contribution in [0.25, 0.3) is 11.1 Å². The molecule has 1 atom stereocenters. The molecule has 1 fully saturated rings. The van der Waals surface area contributed by atoms with Gasteiger partial charge < -0.3 is 24.7 Å². The molecule has 3 rings (SSSR count). The second-order valence-corrected chi connectivity index (χ2v) is 8.40. The van der Waals surface area contributed by atoms with Crippen LogP contribution in [-0.4, -0.2) is 57.5 Å². The van der Waals surface area contributed by atoms with E-state index in [-0.39, 0.29) is 5.02 Å². The highest BCUT2D eigenvalue weighted by atomic mass is 35.5. The van der Waals surface area contributed by atoms with Crippen molar-refractivity contribution in [3.63, 3.8) is 0 Å². The average molecular weight is 461 g/mol. The molecule has 0 aliphatic carbocycles. The number of benzene rings is 2. The van der Waals surface area contributed by atoms with Crippen molar-refractivity contribution in [1.82, 2.24) is 4.90 Å². The Bertz CT molecular complexity index is 933. The summed E-state index contributed by atoms with van der Waals surface area (Å²) in [5, 5.41) is 9.77. The van der Waals surface area contributed by atoms with Crippen molar-refractivity contribution in [3.05, 3.63) is 53.3 Å². The Morgan fingerprint density at radius 3 is 2.43 bits per heavy atom. The fraction of sp³-hybridized carbons (Fsp3) is 0.316. The first-order valence-corrected chi connectivity index (χ1v) is 10.9. The predicted molar refractivity (Wildman–Crippen MR) is 112 cm³/mol. The monoisotopic (exact) mass is 460 g/mol. The van der Waals surface area contributed by atoms with E-state index in [0.29, 0.717) is 23.7 Å². The SMILES string of the molecule is CN1CC[C@@H](CN(C(=O)O)c2ccccc2-c2ccc(F)c(Cl)c2)C1.O=P(O)(O)O. The first-order valence-electron chi connectivity index (χ1n) is 8.97. The molecule has 1 saturated heterocycles. The molecular formula is C19H23ClFN2O6P. The normalized spacial score (nSPS) is 16.7. The molecular weight excluding hydrogens is 438 g/mol. The number of likely N-dealkylation sites (tertiary alicyclic amines) is 1. The highest BCUT2D eigenvalue weighted by Gasteiger charge is 2.26. The maximum absolute atomic E-state index is 13.5. The third-order valence-electron chi connectivity index (χ3n) is 4.59. The molecule has 1 amide bonds. The maximum atomic E-state index is 13.5. The van der Waals surface area contributed by atoms with E-state index in [1.807, 2.05) is 19.2 Å². The quantitative estimate of drug-likeness (QED) is 0.514. The Labute approximate surface area is 178 Å². The van der Waals surface area contributed by atoms with E-state index in [9.17, 15) is 14.3 Å². The molecule has 30 heavy (non-hydrogen) atoms. The van der Waals surface area contributed by atoms with Crippen molar-refractivity contribution in [2.45, 2.75) is 6.42 Å². The molecule has 0 bridgehead atoms. The highest BCUT2D eigenvalue weighted by molar-refractivity contribution is 7.45. The number of halogens is 2. The van der Waals surface area contributed by atoms with E-state index in [4.69, 9.17) is 30.8 Å². The molecule has 1 aliphatic rings. The number of hydrogen-bond acceptors (Lipinski definition) is 3. The zero-order valence-corrected chi connectivity index (χ0v) is 17.8. The van der Waals surface area contributed by atoms with Crippen LogP contribution < -0.4 is 4.90 Å². The third kappa shape index (κ3) is 7.36. The largest absolute Gasteiger partial charge is 0.466 e. The lowest BCUT2D eigenvalue weighted by Crippen LogP contribution is -2.35. The summed E-state index contributed by atoms with van der Waals surface area (Å²) in [7, 11) is -2.60. The molecule has 164 valence electrons. The molecule has 0 aromatic heterocycles. The van der Waals surface area contributed by atoms with Crippen LogP contribution in [0.2, 0.25) is 5.02 Å². The van der Waals surface area contributed by atoms with E-state index in [0.717, 1.165) is 25.1 Å². The molecule has 4 N–H and O–H groups in total. The third-order valence-corrected chi connectivity index (χ3v) is 4.88. The van der Waals surface area contributed by atoms with Crippen LogP contribution in [0.15, 0.2) is 42.5 Å². The van der Waals surface area contributed by atoms with E-state index >= 15 is 0 Å². The van der Waals surface area contributed by atoms with Crippen molar-refractivity contribution in [1.29, 1.82) is 0 Å². The van der Waals surface area contributed by atoms with Crippen LogP contribution in [0.1, 0.15) is 6.42 Å². The molecule has 1 aliphatic heterocycles. The minimum Gasteiger partial charge on any atom is -0.465 e. The van der Waals surface area contributed by atoms with E-state index in [1.165, 1.54) is 17.0 Å². The zero-order valence-electron chi connectivity index (χ0n) is 16.2. The van der Waals surface area contributed by atoms with Gasteiger partial charge in [0, 0.05) is 18.7 Å². The van der Waals surface area contributed by atoms with Gasteiger partial charge in [-0.2, -0.15) is 0 Å². The number of nitrogens with zero attached hydrogens (tertiary/aromatic N) is 2. The molecule has 1 heterocycles. The lowest BCUT2D eigenvalue weighted by molar-refractivity contribution is 0.200. The van der Waals surface area contributed by atoms with E-state index in [1.54, 1.807) is 18.2 Å². The summed E-state index contributed by atoms with van der Waals surface area (Å²) in [6.45, 7) is 2.30. The van der Waals surface area contributed by atoms with Gasteiger partial charge in [0.05, 0.1) is 10.7 Å². The summed E-state index contributed by atoms with van der Waals surface area (Å²) < 4.78 is 22.3. The van der Waals surface area contributed by atoms with Gasteiger partial charge in [-0.25, -0.2) is 13.8 Å². The summed E-state index contributed by atoms with van der Waals surface area (Å²) in [6, 6.07) is 11.7. The number of hydrogen-bond donors (Lipinski definition) is 4. The van der Waals surface area contributed by atoms with Gasteiger partial charge in [-0.15, -0.1) is 0 Å². The summed E-state index contributed by atoms with van der Waals surface area (Å²) in [5.41, 5.74) is 2.00. The number of carbonyl (C=O) groups is 1. The van der Waals surface area contributed by atoms with Gasteiger partial charge in [0.2, 0.25) is 0 Å². The van der Waals surface area contributed by atoms with Crippen LogP contribution in [-0.2, 0) is 4.57 Å². The van der Waals surface area contributed by atoms with Crippen molar-refractivity contribution in [2.24, 2.45) is 5.92 Å². The standard InChI is InChI=1S/C19H20ClFN2O2.H3O4P/c1-22-9-8-13(11-22)12-23(19(24)25)18-5-3-2-4-15(18)14-6-7-17(21)16(20)10-14;1-5(2,3)4/h2-7,10,13H,8-9,11-12H2,1H3,(H,24,25);(H3,1,2,3,4)/t13-;/m1./s1. The number of rotatable bonds is 4. The van der Waals surface area contributed by atoms with Crippen LogP contribution in [0.3, 0.4) is 0 Å². The van der Waals surface area contributed by atoms with E-state index < -0.39 is 19.7 Å². The minimum atomic E-state index is -4.64. The number of amides is 1. The number of para-hydroxylation sites is 1.